The summed E-state index contributed by atoms with van der Waals surface area (Å²) in [7, 11) is 0. The molecule has 2 heterocycles. The Morgan fingerprint density at radius 1 is 1.24 bits per heavy atom. The molecule has 0 spiro atoms. The highest BCUT2D eigenvalue weighted by atomic mass is 16.5. The third-order valence-corrected chi connectivity index (χ3v) is 4.80. The number of nitrogens with zero attached hydrogens (tertiary/aromatic N) is 3. The molecule has 2 fully saturated rings. The predicted octanol–water partition coefficient (Wildman–Crippen LogP) is 3.47. The van der Waals surface area contributed by atoms with Crippen molar-refractivity contribution in [2.45, 2.75) is 50.5 Å². The van der Waals surface area contributed by atoms with Crippen LogP contribution >= 0.6 is 0 Å². The molecule has 1 amide bonds. The summed E-state index contributed by atoms with van der Waals surface area (Å²) in [5.74, 6) is 2.85. The zero-order valence-electron chi connectivity index (χ0n) is 14.3. The summed E-state index contributed by atoms with van der Waals surface area (Å²) in [5, 5.41) is 4.12. The predicted molar refractivity (Wildman–Crippen MR) is 91.1 cm³/mol. The van der Waals surface area contributed by atoms with Crippen LogP contribution in [0.4, 0.5) is 0 Å². The van der Waals surface area contributed by atoms with E-state index in [0.29, 0.717) is 31.2 Å². The Bertz CT molecular complexity index is 712. The standard InChI is InChI=1S/C19H23N3O3/c23-17(9-5-13-24-15-6-2-1-3-7-15)22-12-4-8-16(22)18-20-19(25-21-18)14-10-11-14/h1-3,6-7,14,16H,4-5,8-13H2. The van der Waals surface area contributed by atoms with Crippen LogP contribution in [0.1, 0.15) is 62.2 Å². The first kappa shape index (κ1) is 16.1. The van der Waals surface area contributed by atoms with Gasteiger partial charge in [0.25, 0.3) is 0 Å². The number of carbonyl (C=O) groups is 1. The smallest absolute Gasteiger partial charge is 0.229 e. The molecule has 6 heteroatoms. The summed E-state index contributed by atoms with van der Waals surface area (Å²) in [5.41, 5.74) is 0. The van der Waals surface area contributed by atoms with Gasteiger partial charge in [-0.15, -0.1) is 0 Å². The van der Waals surface area contributed by atoms with Crippen molar-refractivity contribution >= 4 is 5.91 Å². The molecule has 2 aliphatic rings. The maximum Gasteiger partial charge on any atom is 0.229 e. The first-order chi connectivity index (χ1) is 12.3. The maximum atomic E-state index is 12.6. The Morgan fingerprint density at radius 2 is 2.08 bits per heavy atom. The molecule has 1 aliphatic carbocycles. The number of likely N-dealkylation sites (tertiary alicyclic amines) is 1. The molecular formula is C19H23N3O3. The molecule has 25 heavy (non-hydrogen) atoms. The summed E-state index contributed by atoms with van der Waals surface area (Å²) >= 11 is 0. The van der Waals surface area contributed by atoms with E-state index < -0.39 is 0 Å². The van der Waals surface area contributed by atoms with Crippen LogP contribution < -0.4 is 4.74 Å². The average molecular weight is 341 g/mol. The molecule has 1 aromatic heterocycles. The minimum atomic E-state index is -0.0289. The number of carbonyl (C=O) groups excluding carboxylic acids is 1. The fourth-order valence-corrected chi connectivity index (χ4v) is 3.29. The fraction of sp³-hybridized carbons (Fsp3) is 0.526. The summed E-state index contributed by atoms with van der Waals surface area (Å²) in [6.45, 7) is 1.32. The highest BCUT2D eigenvalue weighted by molar-refractivity contribution is 5.76. The molecule has 1 saturated carbocycles. The summed E-state index contributed by atoms with van der Waals surface area (Å²) < 4.78 is 11.0. The first-order valence-corrected chi connectivity index (χ1v) is 9.12. The Morgan fingerprint density at radius 3 is 2.88 bits per heavy atom. The van der Waals surface area contributed by atoms with Crippen molar-refractivity contribution in [3.8, 4) is 5.75 Å². The molecule has 0 N–H and O–H groups in total. The van der Waals surface area contributed by atoms with Crippen LogP contribution in [0.2, 0.25) is 0 Å². The van der Waals surface area contributed by atoms with Crippen molar-refractivity contribution in [3.63, 3.8) is 0 Å². The Labute approximate surface area is 147 Å². The van der Waals surface area contributed by atoms with E-state index in [1.807, 2.05) is 35.2 Å². The number of hydrogen-bond acceptors (Lipinski definition) is 5. The van der Waals surface area contributed by atoms with Gasteiger partial charge in [-0.2, -0.15) is 4.98 Å². The summed E-state index contributed by atoms with van der Waals surface area (Å²) in [6, 6.07) is 9.65. The van der Waals surface area contributed by atoms with Crippen molar-refractivity contribution in [2.24, 2.45) is 0 Å². The zero-order chi connectivity index (χ0) is 17.1. The van der Waals surface area contributed by atoms with E-state index in [9.17, 15) is 4.79 Å². The van der Waals surface area contributed by atoms with E-state index in [1.165, 1.54) is 0 Å². The lowest BCUT2D eigenvalue weighted by atomic mass is 10.2. The quantitative estimate of drug-likeness (QED) is 0.721. The number of rotatable bonds is 7. The fourth-order valence-electron chi connectivity index (χ4n) is 3.29. The van der Waals surface area contributed by atoms with Crippen molar-refractivity contribution in [2.75, 3.05) is 13.2 Å². The molecule has 1 aromatic carbocycles. The Balaban J connectivity index is 1.28. The largest absolute Gasteiger partial charge is 0.494 e. The van der Waals surface area contributed by atoms with Crippen molar-refractivity contribution < 1.29 is 14.1 Å². The molecule has 0 bridgehead atoms. The minimum absolute atomic E-state index is 0.0289. The van der Waals surface area contributed by atoms with Gasteiger partial charge < -0.3 is 14.2 Å². The third-order valence-electron chi connectivity index (χ3n) is 4.80. The van der Waals surface area contributed by atoms with Crippen LogP contribution in [0, 0.1) is 0 Å². The second-order valence-corrected chi connectivity index (χ2v) is 6.78. The van der Waals surface area contributed by atoms with Crippen molar-refractivity contribution in [1.29, 1.82) is 0 Å². The number of ether oxygens (including phenoxy) is 1. The van der Waals surface area contributed by atoms with Gasteiger partial charge in [0.15, 0.2) is 5.82 Å². The van der Waals surface area contributed by atoms with Gasteiger partial charge in [0.1, 0.15) is 5.75 Å². The number of amides is 1. The number of hydrogen-bond donors (Lipinski definition) is 0. The lowest BCUT2D eigenvalue weighted by molar-refractivity contribution is -0.132. The average Bonchev–Trinajstić information content (AvgIpc) is 3.18. The van der Waals surface area contributed by atoms with Crippen LogP contribution in [0.3, 0.4) is 0 Å². The van der Waals surface area contributed by atoms with E-state index in [1.54, 1.807) is 0 Å². The van der Waals surface area contributed by atoms with Crippen LogP contribution in [0.5, 0.6) is 5.75 Å². The highest BCUT2D eigenvalue weighted by Gasteiger charge is 2.35. The lowest BCUT2D eigenvalue weighted by Gasteiger charge is -2.22. The summed E-state index contributed by atoms with van der Waals surface area (Å²) in [6.07, 6.45) is 5.36. The zero-order valence-corrected chi connectivity index (χ0v) is 14.3. The third kappa shape index (κ3) is 3.83. The Kier molecular flexibility index (Phi) is 4.68. The SMILES string of the molecule is O=C(CCCOc1ccccc1)N1CCCC1c1noc(C2CC2)n1. The van der Waals surface area contributed by atoms with Gasteiger partial charge >= 0.3 is 0 Å². The topological polar surface area (TPSA) is 68.5 Å². The lowest BCUT2D eigenvalue weighted by Crippen LogP contribution is -2.31. The molecule has 1 saturated heterocycles. The number of aromatic nitrogens is 2. The van der Waals surface area contributed by atoms with Gasteiger partial charge in [-0.3, -0.25) is 4.79 Å². The van der Waals surface area contributed by atoms with E-state index in [2.05, 4.69) is 10.1 Å². The monoisotopic (exact) mass is 341 g/mol. The van der Waals surface area contributed by atoms with E-state index in [0.717, 1.165) is 43.9 Å². The van der Waals surface area contributed by atoms with Gasteiger partial charge in [0.05, 0.1) is 12.6 Å². The summed E-state index contributed by atoms with van der Waals surface area (Å²) in [4.78, 5) is 19.0. The molecule has 6 nitrogen and oxygen atoms in total. The van der Waals surface area contributed by atoms with E-state index in [4.69, 9.17) is 9.26 Å². The maximum absolute atomic E-state index is 12.6. The van der Waals surface area contributed by atoms with Gasteiger partial charge in [-0.25, -0.2) is 0 Å². The normalized spacial score (nSPS) is 20.0. The van der Waals surface area contributed by atoms with Crippen LogP contribution in [0.25, 0.3) is 0 Å². The second-order valence-electron chi connectivity index (χ2n) is 6.78. The van der Waals surface area contributed by atoms with Crippen molar-refractivity contribution in [3.05, 3.63) is 42.0 Å². The van der Waals surface area contributed by atoms with Gasteiger partial charge in [-0.1, -0.05) is 23.4 Å². The van der Waals surface area contributed by atoms with Crippen molar-refractivity contribution in [1.82, 2.24) is 15.0 Å². The first-order valence-electron chi connectivity index (χ1n) is 9.12. The molecule has 0 radical (unpaired) electrons. The van der Waals surface area contributed by atoms with Crippen LogP contribution in [-0.2, 0) is 4.79 Å². The molecule has 1 atom stereocenters. The molecule has 2 aromatic rings. The van der Waals surface area contributed by atoms with Gasteiger partial charge in [0.2, 0.25) is 11.8 Å². The molecule has 132 valence electrons. The number of para-hydroxylation sites is 1. The minimum Gasteiger partial charge on any atom is -0.494 e. The van der Waals surface area contributed by atoms with E-state index >= 15 is 0 Å². The Hall–Kier alpha value is -2.37. The molecule has 4 rings (SSSR count). The van der Waals surface area contributed by atoms with Gasteiger partial charge in [0, 0.05) is 18.9 Å². The highest BCUT2D eigenvalue weighted by Crippen LogP contribution is 2.40. The molecule has 1 aliphatic heterocycles. The molecule has 1 unspecified atom stereocenters. The van der Waals surface area contributed by atoms with Crippen LogP contribution in [0.15, 0.2) is 34.9 Å². The number of benzene rings is 1. The van der Waals surface area contributed by atoms with Crippen LogP contribution in [-0.4, -0.2) is 34.1 Å². The van der Waals surface area contributed by atoms with E-state index in [-0.39, 0.29) is 11.9 Å². The van der Waals surface area contributed by atoms with Gasteiger partial charge in [-0.05, 0) is 44.2 Å². The second kappa shape index (κ2) is 7.25. The molecular weight excluding hydrogens is 318 g/mol.